The Morgan fingerprint density at radius 2 is 1.97 bits per heavy atom. The minimum atomic E-state index is -1.61. The summed E-state index contributed by atoms with van der Waals surface area (Å²) >= 11 is 0. The van der Waals surface area contributed by atoms with E-state index in [9.17, 15) is 14.0 Å². The van der Waals surface area contributed by atoms with Crippen molar-refractivity contribution >= 4 is 34.7 Å². The van der Waals surface area contributed by atoms with E-state index in [1.807, 2.05) is 18.0 Å². The zero-order valence-electron chi connectivity index (χ0n) is 19.6. The van der Waals surface area contributed by atoms with Crippen LogP contribution in [0.15, 0.2) is 24.4 Å². The molecule has 2 aliphatic rings. The average molecular weight is 482 g/mol. The van der Waals surface area contributed by atoms with Gasteiger partial charge in [0.1, 0.15) is 17.1 Å². The second-order valence-electron chi connectivity index (χ2n) is 8.98. The Hall–Kier alpha value is -4.09. The summed E-state index contributed by atoms with van der Waals surface area (Å²) in [5.74, 6) is -3.41. The molecule has 1 unspecified atom stereocenters. The topological polar surface area (TPSA) is 117 Å². The van der Waals surface area contributed by atoms with Gasteiger partial charge in [0, 0.05) is 32.9 Å². The molecule has 12 heteroatoms. The van der Waals surface area contributed by atoms with Gasteiger partial charge in [-0.2, -0.15) is 15.0 Å². The molecular weight excluding hydrogens is 458 g/mol. The molecule has 0 saturated heterocycles. The molecular formula is C23H24F2N8O2. The molecule has 182 valence electrons. The number of halogens is 2. The first-order chi connectivity index (χ1) is 16.6. The molecule has 3 N–H and O–H groups in total. The standard InChI is InChI=1S/C23H24F2N8O2/c1-23(25)8-13(23)22(35)29-20-16(24)18(12(9-27-20)21(34)26-2)28-14-7-5-6-11-17-15(30-33(4)31-17)10-32(3)19(11)14/h5-7,9,13H,8,10H2,1-4H3,(H,26,34)(H2,27,28,29,35)/t13-,23?/m0/s1. The summed E-state index contributed by atoms with van der Waals surface area (Å²) < 4.78 is 29.6. The van der Waals surface area contributed by atoms with Gasteiger partial charge in [-0.25, -0.2) is 13.8 Å². The maximum atomic E-state index is 15.7. The molecule has 2 aromatic heterocycles. The first-order valence-electron chi connectivity index (χ1n) is 11.0. The molecule has 2 amide bonds. The minimum absolute atomic E-state index is 0.0546. The average Bonchev–Trinajstić information content (AvgIpc) is 3.29. The molecule has 1 saturated carbocycles. The van der Waals surface area contributed by atoms with Crippen LogP contribution < -0.4 is 20.9 Å². The van der Waals surface area contributed by atoms with Gasteiger partial charge in [0.15, 0.2) is 11.6 Å². The number of para-hydroxylation sites is 1. The van der Waals surface area contributed by atoms with Crippen molar-refractivity contribution in [3.8, 4) is 11.3 Å². The van der Waals surface area contributed by atoms with Crippen LogP contribution in [0.4, 0.5) is 31.7 Å². The third kappa shape index (κ3) is 3.84. The third-order valence-electron chi connectivity index (χ3n) is 6.32. The van der Waals surface area contributed by atoms with E-state index < -0.39 is 29.2 Å². The Morgan fingerprint density at radius 1 is 1.23 bits per heavy atom. The van der Waals surface area contributed by atoms with Gasteiger partial charge >= 0.3 is 0 Å². The van der Waals surface area contributed by atoms with Crippen LogP contribution in [0.2, 0.25) is 0 Å². The summed E-state index contributed by atoms with van der Waals surface area (Å²) in [5, 5.41) is 16.7. The van der Waals surface area contributed by atoms with Gasteiger partial charge in [0.25, 0.3) is 5.91 Å². The van der Waals surface area contributed by atoms with Gasteiger partial charge in [0.2, 0.25) is 5.91 Å². The number of carbonyl (C=O) groups is 2. The van der Waals surface area contributed by atoms with Crippen LogP contribution in [-0.2, 0) is 18.4 Å². The lowest BCUT2D eigenvalue weighted by Crippen LogP contribution is -2.24. The highest BCUT2D eigenvalue weighted by Crippen LogP contribution is 2.47. The smallest absolute Gasteiger partial charge is 0.254 e. The van der Waals surface area contributed by atoms with E-state index in [0.29, 0.717) is 12.2 Å². The Bertz CT molecular complexity index is 1370. The van der Waals surface area contributed by atoms with Gasteiger partial charge in [-0.3, -0.25) is 9.59 Å². The quantitative estimate of drug-likeness (QED) is 0.512. The number of carbonyl (C=O) groups excluding carboxylic acids is 2. The Labute approximate surface area is 199 Å². The Kier molecular flexibility index (Phi) is 5.18. The van der Waals surface area contributed by atoms with Crippen LogP contribution in [0.5, 0.6) is 0 Å². The van der Waals surface area contributed by atoms with Crippen molar-refractivity contribution in [3.63, 3.8) is 0 Å². The number of fused-ring (bicyclic) bond motifs is 3. The highest BCUT2D eigenvalue weighted by molar-refractivity contribution is 6.03. The second-order valence-corrected chi connectivity index (χ2v) is 8.98. The number of hydrogen-bond donors (Lipinski definition) is 3. The Balaban J connectivity index is 1.56. The van der Waals surface area contributed by atoms with E-state index in [1.54, 1.807) is 19.2 Å². The molecule has 2 atom stereocenters. The van der Waals surface area contributed by atoms with Crippen LogP contribution in [0, 0.1) is 11.7 Å². The molecule has 3 aromatic rings. The predicted molar refractivity (Wildman–Crippen MR) is 126 cm³/mol. The molecule has 3 heterocycles. The molecule has 0 bridgehead atoms. The van der Waals surface area contributed by atoms with E-state index >= 15 is 4.39 Å². The highest BCUT2D eigenvalue weighted by atomic mass is 19.1. The first kappa shape index (κ1) is 22.7. The van der Waals surface area contributed by atoms with Crippen LogP contribution >= 0.6 is 0 Å². The lowest BCUT2D eigenvalue weighted by molar-refractivity contribution is -0.118. The van der Waals surface area contributed by atoms with Crippen LogP contribution in [0.3, 0.4) is 0 Å². The first-order valence-corrected chi connectivity index (χ1v) is 11.0. The number of nitrogens with one attached hydrogen (secondary N) is 3. The molecule has 0 spiro atoms. The van der Waals surface area contributed by atoms with Crippen molar-refractivity contribution in [2.45, 2.75) is 25.6 Å². The predicted octanol–water partition coefficient (Wildman–Crippen LogP) is 2.76. The number of rotatable bonds is 5. The number of benzene rings is 1. The summed E-state index contributed by atoms with van der Waals surface area (Å²) in [5.41, 5.74) is 1.76. The van der Waals surface area contributed by atoms with Crippen molar-refractivity contribution in [1.29, 1.82) is 0 Å². The van der Waals surface area contributed by atoms with Crippen molar-refractivity contribution in [1.82, 2.24) is 25.3 Å². The summed E-state index contributed by atoms with van der Waals surface area (Å²) in [4.78, 5) is 32.2. The maximum Gasteiger partial charge on any atom is 0.254 e. The van der Waals surface area contributed by atoms with Crippen LogP contribution in [-0.4, -0.2) is 51.6 Å². The van der Waals surface area contributed by atoms with E-state index in [1.165, 1.54) is 25.0 Å². The fraction of sp³-hybridized carbons (Fsp3) is 0.348. The lowest BCUT2D eigenvalue weighted by atomic mass is 10.0. The van der Waals surface area contributed by atoms with Gasteiger partial charge in [-0.05, 0) is 19.4 Å². The molecule has 10 nitrogen and oxygen atoms in total. The van der Waals surface area contributed by atoms with Crippen LogP contribution in [0.25, 0.3) is 11.3 Å². The molecule has 0 radical (unpaired) electrons. The lowest BCUT2D eigenvalue weighted by Gasteiger charge is -2.29. The third-order valence-corrected chi connectivity index (χ3v) is 6.32. The number of amides is 2. The fourth-order valence-electron chi connectivity index (χ4n) is 4.36. The van der Waals surface area contributed by atoms with Gasteiger partial charge < -0.3 is 20.9 Å². The molecule has 1 aliphatic carbocycles. The highest BCUT2D eigenvalue weighted by Gasteiger charge is 2.56. The van der Waals surface area contributed by atoms with E-state index in [-0.39, 0.29) is 23.5 Å². The Morgan fingerprint density at radius 3 is 2.66 bits per heavy atom. The van der Waals surface area contributed by atoms with Crippen molar-refractivity contribution < 1.29 is 18.4 Å². The zero-order chi connectivity index (χ0) is 25.1. The van der Waals surface area contributed by atoms with E-state index in [2.05, 4.69) is 31.1 Å². The number of aryl methyl sites for hydroxylation is 1. The number of alkyl halides is 1. The fourth-order valence-corrected chi connectivity index (χ4v) is 4.36. The van der Waals surface area contributed by atoms with E-state index in [4.69, 9.17) is 0 Å². The number of anilines is 4. The number of aromatic nitrogens is 4. The summed E-state index contributed by atoms with van der Waals surface area (Å²) in [6.07, 6.45) is 1.23. The van der Waals surface area contributed by atoms with Crippen molar-refractivity contribution in [2.75, 3.05) is 29.6 Å². The number of nitrogens with zero attached hydrogens (tertiary/aromatic N) is 5. The van der Waals surface area contributed by atoms with Crippen LogP contribution in [0.1, 0.15) is 29.4 Å². The minimum Gasteiger partial charge on any atom is -0.366 e. The molecule has 1 aromatic carbocycles. The number of hydrogen-bond acceptors (Lipinski definition) is 7. The summed E-state index contributed by atoms with van der Waals surface area (Å²) in [7, 11) is 5.03. The monoisotopic (exact) mass is 482 g/mol. The van der Waals surface area contributed by atoms with Gasteiger partial charge in [0.05, 0.1) is 35.1 Å². The normalized spacial score (nSPS) is 20.1. The maximum absolute atomic E-state index is 15.7. The molecule has 5 rings (SSSR count). The van der Waals surface area contributed by atoms with Crippen molar-refractivity contribution in [3.05, 3.63) is 41.5 Å². The molecule has 1 aliphatic heterocycles. The largest absolute Gasteiger partial charge is 0.366 e. The van der Waals surface area contributed by atoms with Crippen molar-refractivity contribution in [2.24, 2.45) is 13.0 Å². The molecule has 1 fully saturated rings. The summed E-state index contributed by atoms with van der Waals surface area (Å²) in [6, 6.07) is 5.43. The zero-order valence-corrected chi connectivity index (χ0v) is 19.6. The second kappa shape index (κ2) is 8.00. The van der Waals surface area contributed by atoms with Gasteiger partial charge in [-0.15, -0.1) is 0 Å². The van der Waals surface area contributed by atoms with Gasteiger partial charge in [-0.1, -0.05) is 12.1 Å². The summed E-state index contributed by atoms with van der Waals surface area (Å²) in [6.45, 7) is 1.81. The molecule has 35 heavy (non-hydrogen) atoms. The number of pyridine rings is 1. The van der Waals surface area contributed by atoms with E-state index in [0.717, 1.165) is 22.6 Å². The SMILES string of the molecule is CNC(=O)c1cnc(NC(=O)[C@@H]2CC2(C)F)c(F)c1Nc1cccc2c1N(C)Cc1nn(C)nc1-2.